The van der Waals surface area contributed by atoms with Gasteiger partial charge in [-0.1, -0.05) is 81.4 Å². The number of esters is 1. The van der Waals surface area contributed by atoms with Crippen LogP contribution in [0.15, 0.2) is 60.7 Å². The standard InChI is InChI=1S/C36H54O8Si/c1-35(2,3)43-33(38)19-27(37)34-31(44-45(7,8)36(4,5)6)21-29-30(42-34)20-28(40-23-26-17-13-10-14-18-26)32(41-29)24-39-22-25-15-11-9-12-16-25/h9-18,27-32,34,37H,19-24H2,1-8H3/t27?,28-,29-,30+,31+,32+,34-/m0/s1. The van der Waals surface area contributed by atoms with Crippen molar-refractivity contribution in [1.29, 1.82) is 0 Å². The van der Waals surface area contributed by atoms with Gasteiger partial charge in [-0.25, -0.2) is 0 Å². The maximum Gasteiger partial charge on any atom is 0.309 e. The average Bonchev–Trinajstić information content (AvgIpc) is 2.95. The highest BCUT2D eigenvalue weighted by Gasteiger charge is 2.51. The van der Waals surface area contributed by atoms with E-state index in [0.29, 0.717) is 32.7 Å². The average molecular weight is 643 g/mol. The fourth-order valence-corrected chi connectivity index (χ4v) is 6.92. The minimum Gasteiger partial charge on any atom is -0.460 e. The summed E-state index contributed by atoms with van der Waals surface area (Å²) in [5.74, 6) is -0.466. The molecule has 0 saturated carbocycles. The van der Waals surface area contributed by atoms with E-state index in [1.54, 1.807) is 0 Å². The molecule has 9 heteroatoms. The van der Waals surface area contributed by atoms with Crippen molar-refractivity contribution in [2.75, 3.05) is 6.61 Å². The highest BCUT2D eigenvalue weighted by atomic mass is 28.4. The van der Waals surface area contributed by atoms with Crippen LogP contribution in [0.25, 0.3) is 0 Å². The molecule has 2 aromatic carbocycles. The lowest BCUT2D eigenvalue weighted by Gasteiger charge is -2.51. The van der Waals surface area contributed by atoms with Crippen LogP contribution in [0.2, 0.25) is 18.1 Å². The number of aliphatic hydroxyl groups is 1. The number of carbonyl (C=O) groups is 1. The van der Waals surface area contributed by atoms with Gasteiger partial charge < -0.3 is 33.2 Å². The molecule has 0 bridgehead atoms. The maximum absolute atomic E-state index is 12.7. The Kier molecular flexibility index (Phi) is 12.1. The van der Waals surface area contributed by atoms with Crippen LogP contribution >= 0.6 is 0 Å². The summed E-state index contributed by atoms with van der Waals surface area (Å²) in [4.78, 5) is 12.7. The Hall–Kier alpha value is -2.11. The first kappa shape index (κ1) is 35.7. The molecule has 2 saturated heterocycles. The van der Waals surface area contributed by atoms with Crippen LogP contribution in [0.4, 0.5) is 0 Å². The molecule has 0 aromatic heterocycles. The Morgan fingerprint density at radius 1 is 0.867 bits per heavy atom. The van der Waals surface area contributed by atoms with E-state index in [4.69, 9.17) is 28.1 Å². The minimum atomic E-state index is -2.27. The zero-order chi connectivity index (χ0) is 32.8. The largest absolute Gasteiger partial charge is 0.460 e. The van der Waals surface area contributed by atoms with E-state index in [1.165, 1.54) is 0 Å². The van der Waals surface area contributed by atoms with Crippen LogP contribution < -0.4 is 0 Å². The predicted molar refractivity (Wildman–Crippen MR) is 176 cm³/mol. The Labute approximate surface area is 270 Å². The highest BCUT2D eigenvalue weighted by Crippen LogP contribution is 2.42. The number of carbonyl (C=O) groups excluding carboxylic acids is 1. The van der Waals surface area contributed by atoms with Gasteiger partial charge in [-0.15, -0.1) is 0 Å². The molecule has 2 aromatic rings. The van der Waals surface area contributed by atoms with E-state index >= 15 is 0 Å². The highest BCUT2D eigenvalue weighted by molar-refractivity contribution is 6.74. The molecule has 0 radical (unpaired) electrons. The third-order valence-electron chi connectivity index (χ3n) is 8.93. The number of fused-ring (bicyclic) bond motifs is 1. The predicted octanol–water partition coefficient (Wildman–Crippen LogP) is 6.59. The second-order valence-electron chi connectivity index (χ2n) is 14.9. The number of aliphatic hydroxyl groups excluding tert-OH is 1. The zero-order valence-corrected chi connectivity index (χ0v) is 29.4. The summed E-state index contributed by atoms with van der Waals surface area (Å²) in [6.45, 7) is 17.7. The fourth-order valence-electron chi connectivity index (χ4n) is 5.58. The van der Waals surface area contributed by atoms with Crippen LogP contribution in [0, 0.1) is 0 Å². The fraction of sp³-hybridized carbons (Fsp3) is 0.639. The zero-order valence-electron chi connectivity index (χ0n) is 28.4. The molecule has 2 aliphatic rings. The first-order valence-corrected chi connectivity index (χ1v) is 19.2. The van der Waals surface area contributed by atoms with Crippen LogP contribution in [-0.4, -0.2) is 74.3 Å². The first-order chi connectivity index (χ1) is 21.1. The number of hydrogen-bond acceptors (Lipinski definition) is 8. The first-order valence-electron chi connectivity index (χ1n) is 16.3. The number of rotatable bonds is 12. The molecule has 8 nitrogen and oxygen atoms in total. The van der Waals surface area contributed by atoms with Crippen LogP contribution in [0.1, 0.15) is 71.9 Å². The molecule has 4 rings (SSSR count). The van der Waals surface area contributed by atoms with Crippen LogP contribution in [0.3, 0.4) is 0 Å². The van der Waals surface area contributed by atoms with Crippen molar-refractivity contribution in [3.05, 3.63) is 71.8 Å². The lowest BCUT2D eigenvalue weighted by atomic mass is 9.88. The van der Waals surface area contributed by atoms with Crippen molar-refractivity contribution in [3.63, 3.8) is 0 Å². The maximum atomic E-state index is 12.7. The summed E-state index contributed by atoms with van der Waals surface area (Å²) in [7, 11) is -2.27. The molecular weight excluding hydrogens is 588 g/mol. The Balaban J connectivity index is 1.52. The van der Waals surface area contributed by atoms with Crippen molar-refractivity contribution >= 4 is 14.3 Å². The second-order valence-corrected chi connectivity index (χ2v) is 19.7. The quantitative estimate of drug-likeness (QED) is 0.205. The van der Waals surface area contributed by atoms with Gasteiger partial charge in [-0.05, 0) is 50.0 Å². The molecule has 0 amide bonds. The van der Waals surface area contributed by atoms with Gasteiger partial charge >= 0.3 is 5.97 Å². The van der Waals surface area contributed by atoms with E-state index in [1.807, 2.05) is 81.4 Å². The topological polar surface area (TPSA) is 92.7 Å². The summed E-state index contributed by atoms with van der Waals surface area (Å²) >= 11 is 0. The molecule has 45 heavy (non-hydrogen) atoms. The van der Waals surface area contributed by atoms with E-state index in [2.05, 4.69) is 33.9 Å². The molecule has 1 N–H and O–H groups in total. The van der Waals surface area contributed by atoms with E-state index in [9.17, 15) is 9.90 Å². The van der Waals surface area contributed by atoms with Crippen molar-refractivity contribution in [2.24, 2.45) is 0 Å². The summed E-state index contributed by atoms with van der Waals surface area (Å²) in [5.41, 5.74) is 1.52. The molecule has 2 aliphatic heterocycles. The second kappa shape index (κ2) is 15.2. The molecule has 0 aliphatic carbocycles. The van der Waals surface area contributed by atoms with Gasteiger partial charge in [0.15, 0.2) is 8.32 Å². The molecular formula is C36H54O8Si. The molecule has 2 fully saturated rings. The summed E-state index contributed by atoms with van der Waals surface area (Å²) in [6, 6.07) is 20.1. The van der Waals surface area contributed by atoms with Crippen LogP contribution in [-0.2, 0) is 46.1 Å². The monoisotopic (exact) mass is 642 g/mol. The molecule has 7 atom stereocenters. The smallest absolute Gasteiger partial charge is 0.309 e. The van der Waals surface area contributed by atoms with Gasteiger partial charge in [0.1, 0.15) is 17.8 Å². The Morgan fingerprint density at radius 2 is 1.42 bits per heavy atom. The summed E-state index contributed by atoms with van der Waals surface area (Å²) in [6.07, 6.45) is -2.53. The third kappa shape index (κ3) is 10.4. The van der Waals surface area contributed by atoms with E-state index < -0.39 is 38.2 Å². The van der Waals surface area contributed by atoms with Crippen molar-refractivity contribution in [3.8, 4) is 0 Å². The van der Waals surface area contributed by atoms with Gasteiger partial charge in [0, 0.05) is 12.8 Å². The van der Waals surface area contributed by atoms with Crippen molar-refractivity contribution < 1.29 is 38.0 Å². The van der Waals surface area contributed by atoms with Crippen molar-refractivity contribution in [1.82, 2.24) is 0 Å². The van der Waals surface area contributed by atoms with E-state index in [0.717, 1.165) is 11.1 Å². The van der Waals surface area contributed by atoms with Crippen LogP contribution in [0.5, 0.6) is 0 Å². The van der Waals surface area contributed by atoms with Gasteiger partial charge in [0.05, 0.1) is 56.8 Å². The normalized spacial score (nSPS) is 26.6. The van der Waals surface area contributed by atoms with Gasteiger partial charge in [-0.2, -0.15) is 0 Å². The number of benzene rings is 2. The van der Waals surface area contributed by atoms with Gasteiger partial charge in [0.2, 0.25) is 0 Å². The van der Waals surface area contributed by atoms with Gasteiger partial charge in [-0.3, -0.25) is 4.79 Å². The Morgan fingerprint density at radius 3 is 2.00 bits per heavy atom. The molecule has 0 spiro atoms. The number of hydrogen-bond donors (Lipinski definition) is 1. The lowest BCUT2D eigenvalue weighted by Crippen LogP contribution is -2.61. The number of ether oxygens (including phenoxy) is 5. The molecule has 1 unspecified atom stereocenters. The van der Waals surface area contributed by atoms with Crippen molar-refractivity contribution in [2.45, 2.75) is 140 Å². The minimum absolute atomic E-state index is 0.0534. The van der Waals surface area contributed by atoms with Gasteiger partial charge in [0.25, 0.3) is 0 Å². The Bertz CT molecular complexity index is 1190. The lowest BCUT2D eigenvalue weighted by molar-refractivity contribution is -0.268. The third-order valence-corrected chi connectivity index (χ3v) is 13.4. The van der Waals surface area contributed by atoms with E-state index in [-0.39, 0.29) is 35.9 Å². The SMILES string of the molecule is CC(C)(C)OC(=O)CC(O)[C@@H]1O[C@@H]2C[C@H](OCc3ccccc3)[C@@H](COCc3ccccc3)O[C@H]2C[C@H]1O[Si](C)(C)C(C)(C)C. The molecule has 250 valence electrons. The molecule has 2 heterocycles. The summed E-state index contributed by atoms with van der Waals surface area (Å²) < 4.78 is 38.4. The summed E-state index contributed by atoms with van der Waals surface area (Å²) in [5, 5.41) is 11.4.